The summed E-state index contributed by atoms with van der Waals surface area (Å²) in [5, 5.41) is 36.4. The van der Waals surface area contributed by atoms with Gasteiger partial charge in [0.1, 0.15) is 36.2 Å². The number of amides is 4. The molecule has 18 heteroatoms. The van der Waals surface area contributed by atoms with Crippen LogP contribution < -0.4 is 30.7 Å². The Balaban J connectivity index is 1.02. The molecular weight excluding hydrogens is 1060 g/mol. The zero-order valence-corrected chi connectivity index (χ0v) is 49.1. The van der Waals surface area contributed by atoms with Gasteiger partial charge in [0.25, 0.3) is 23.6 Å². The minimum Gasteiger partial charge on any atom is -0.507 e. The molecule has 10 rings (SSSR count). The van der Waals surface area contributed by atoms with Gasteiger partial charge >= 0.3 is 0 Å². The first-order valence-electron chi connectivity index (χ1n) is 30.4. The quantitative estimate of drug-likeness (QED) is 0.0912. The van der Waals surface area contributed by atoms with Gasteiger partial charge in [-0.2, -0.15) is 0 Å². The van der Waals surface area contributed by atoms with Crippen LogP contribution in [0.25, 0.3) is 0 Å². The average molecular weight is 1150 g/mol. The van der Waals surface area contributed by atoms with E-state index in [2.05, 4.69) is 21.3 Å². The predicted molar refractivity (Wildman–Crippen MR) is 325 cm³/mol. The molecule has 446 valence electrons. The summed E-state index contributed by atoms with van der Waals surface area (Å²) < 4.78 is 24.8. The van der Waals surface area contributed by atoms with Crippen molar-refractivity contribution in [1.29, 1.82) is 0 Å². The molecular formula is C66H82N8O10. The van der Waals surface area contributed by atoms with Gasteiger partial charge in [0.2, 0.25) is 0 Å². The van der Waals surface area contributed by atoms with E-state index in [9.17, 15) is 29.4 Å². The van der Waals surface area contributed by atoms with E-state index in [0.717, 1.165) is 88.2 Å². The van der Waals surface area contributed by atoms with Crippen LogP contribution in [-0.2, 0) is 9.47 Å². The summed E-state index contributed by atoms with van der Waals surface area (Å²) in [6, 6.07) is 12.9. The summed E-state index contributed by atoms with van der Waals surface area (Å²) in [4.78, 5) is 78.4. The fourth-order valence-electron chi connectivity index (χ4n) is 12.8. The normalized spacial score (nSPS) is 26.8. The Labute approximate surface area is 492 Å². The van der Waals surface area contributed by atoms with Crippen molar-refractivity contribution in [1.82, 2.24) is 21.3 Å². The molecule has 2 aliphatic heterocycles. The fourth-order valence-corrected chi connectivity index (χ4v) is 12.8. The van der Waals surface area contributed by atoms with Crippen LogP contribution in [0.1, 0.15) is 189 Å². The molecule has 2 heterocycles. The number of phenolic OH excluding ortho intramolecular Hbond substituents is 2. The third-order valence-corrected chi connectivity index (χ3v) is 17.1. The molecule has 8 unspecified atom stereocenters. The number of benzene rings is 4. The molecule has 4 saturated carbocycles. The van der Waals surface area contributed by atoms with Crippen LogP contribution in [0.5, 0.6) is 23.0 Å². The maximum absolute atomic E-state index is 14.7. The molecule has 4 fully saturated rings. The van der Waals surface area contributed by atoms with E-state index in [4.69, 9.17) is 38.9 Å². The lowest BCUT2D eigenvalue weighted by Crippen LogP contribution is -2.44. The van der Waals surface area contributed by atoms with E-state index >= 15 is 0 Å². The number of hydrogen-bond donors (Lipinski definition) is 6. The van der Waals surface area contributed by atoms with Crippen LogP contribution >= 0.6 is 0 Å². The van der Waals surface area contributed by atoms with E-state index in [-0.39, 0.29) is 151 Å². The highest BCUT2D eigenvalue weighted by Crippen LogP contribution is 2.34. The van der Waals surface area contributed by atoms with Gasteiger partial charge in [-0.05, 0) is 188 Å². The summed E-state index contributed by atoms with van der Waals surface area (Å²) in [7, 11) is 0. The molecule has 4 amide bonds. The zero-order valence-electron chi connectivity index (χ0n) is 49.1. The Morgan fingerprint density at radius 3 is 1.12 bits per heavy atom. The number of carbonyl (C=O) groups excluding carboxylic acids is 4. The van der Waals surface area contributed by atoms with Crippen molar-refractivity contribution in [2.75, 3.05) is 39.6 Å². The summed E-state index contributed by atoms with van der Waals surface area (Å²) in [6.45, 7) is 8.31. The SMILES string of the molecule is Cc1cc2c(O)c(c1)C=NC1CCCC(C1)NC(=O)c1cc(C)cc3c1OCCOCCOCCOc1c(cc(C)cc1C(=O)NC1CCCC(C1)/N=C\c1cc(C)cc(c1O)/C=N\C1CCCCC1NC3=O)C(=O)NC1CCCC(C1)N=C2. The van der Waals surface area contributed by atoms with E-state index in [0.29, 0.717) is 59.1 Å². The highest BCUT2D eigenvalue weighted by molar-refractivity contribution is 6.06. The van der Waals surface area contributed by atoms with Crippen LogP contribution in [0.3, 0.4) is 0 Å². The van der Waals surface area contributed by atoms with Gasteiger partial charge in [0, 0.05) is 65.2 Å². The molecule has 6 aliphatic rings. The monoisotopic (exact) mass is 1150 g/mol. The zero-order chi connectivity index (χ0) is 58.7. The van der Waals surface area contributed by atoms with Gasteiger partial charge < -0.3 is 50.4 Å². The van der Waals surface area contributed by atoms with Gasteiger partial charge in [0.15, 0.2) is 0 Å². The van der Waals surface area contributed by atoms with E-state index < -0.39 is 5.91 Å². The summed E-state index contributed by atoms with van der Waals surface area (Å²) >= 11 is 0. The van der Waals surface area contributed by atoms with Gasteiger partial charge in [-0.3, -0.25) is 39.1 Å². The summed E-state index contributed by atoms with van der Waals surface area (Å²) in [6.07, 6.45) is 18.9. The highest BCUT2D eigenvalue weighted by atomic mass is 16.6. The predicted octanol–water partition coefficient (Wildman–Crippen LogP) is 9.09. The maximum atomic E-state index is 14.7. The lowest BCUT2D eigenvalue weighted by atomic mass is 9.90. The molecule has 84 heavy (non-hydrogen) atoms. The van der Waals surface area contributed by atoms with Crippen molar-refractivity contribution in [2.45, 2.75) is 179 Å². The van der Waals surface area contributed by atoms with Crippen LogP contribution in [0, 0.1) is 27.7 Å². The van der Waals surface area contributed by atoms with Gasteiger partial charge in [-0.1, -0.05) is 12.8 Å². The molecule has 18 nitrogen and oxygen atoms in total. The molecule has 4 aromatic rings. The molecule has 8 atom stereocenters. The summed E-state index contributed by atoms with van der Waals surface area (Å²) in [5.74, 6) is -1.09. The Bertz CT molecular complexity index is 3190. The molecule has 12 bridgehead atoms. The molecule has 0 radical (unpaired) electrons. The second-order valence-corrected chi connectivity index (χ2v) is 23.9. The second-order valence-electron chi connectivity index (χ2n) is 23.9. The number of hydrogen-bond acceptors (Lipinski definition) is 14. The molecule has 6 N–H and O–H groups in total. The van der Waals surface area contributed by atoms with Gasteiger partial charge in [-0.15, -0.1) is 0 Å². The number of fused-ring (bicyclic) bond motifs is 20. The number of ether oxygens (including phenoxy) is 4. The number of nitrogens with zero attached hydrogens (tertiary/aromatic N) is 4. The molecule has 0 saturated heterocycles. The standard InChI is InChI=1S/C66H82N8O10/c1-39-24-43-35-67-47-10-7-13-50(32-47)71-63(77)53-28-41(3)29-54-61(53)83-22-20-81-18-19-82-21-23-84-62-55(65(79)73-52-15-8-11-48(33-52)68-36-44(25-39)59(43)75)30-42(4)31-56(62)66(80)74-58-17-6-5-16-57(58)70-38-46-27-40(2)26-45(60(46)76)37-69-49-12-9-14-51(34-49)72-64(54)78/h24-31,35-38,47-52,57-58,75-76H,5-23,32-34H2,1-4H3,(H,71,77)(H,72,78)(H,73,79)(H,74,80)/b67-35?,68-36?,69-37-,70-38-. The Hall–Kier alpha value is -7.44. The largest absolute Gasteiger partial charge is 0.507 e. The number of carbonyl (C=O) groups is 4. The molecule has 0 aromatic heterocycles. The van der Waals surface area contributed by atoms with Crippen molar-refractivity contribution in [3.8, 4) is 23.0 Å². The number of nitrogens with one attached hydrogen (secondary N) is 4. The first kappa shape index (κ1) is 59.7. The first-order valence-corrected chi connectivity index (χ1v) is 30.4. The van der Waals surface area contributed by atoms with Crippen LogP contribution in [-0.4, -0.2) is 147 Å². The lowest BCUT2D eigenvalue weighted by molar-refractivity contribution is 0.0269. The van der Waals surface area contributed by atoms with E-state index in [1.54, 1.807) is 49.1 Å². The topological polar surface area (TPSA) is 243 Å². The lowest BCUT2D eigenvalue weighted by Gasteiger charge is -2.30. The Morgan fingerprint density at radius 2 is 0.726 bits per heavy atom. The number of aliphatic imine (C=N–C) groups is 4. The number of aryl methyl sites for hydroxylation is 4. The molecule has 4 aliphatic carbocycles. The van der Waals surface area contributed by atoms with E-state index in [1.807, 2.05) is 52.0 Å². The van der Waals surface area contributed by atoms with Crippen molar-refractivity contribution in [3.05, 3.63) is 115 Å². The second kappa shape index (κ2) is 28.0. The van der Waals surface area contributed by atoms with Crippen LogP contribution in [0.4, 0.5) is 0 Å². The fraction of sp³-hybridized carbons (Fsp3) is 0.515. The molecule has 4 aromatic carbocycles. The minimum atomic E-state index is -0.394. The Morgan fingerprint density at radius 1 is 0.393 bits per heavy atom. The van der Waals surface area contributed by atoms with E-state index in [1.165, 1.54) is 0 Å². The smallest absolute Gasteiger partial charge is 0.255 e. The average Bonchev–Trinajstić information content (AvgIpc) is 3.65. The van der Waals surface area contributed by atoms with Crippen molar-refractivity contribution in [2.24, 2.45) is 20.0 Å². The minimum absolute atomic E-state index is 0.0154. The third-order valence-electron chi connectivity index (χ3n) is 17.1. The van der Waals surface area contributed by atoms with Gasteiger partial charge in [0.05, 0.1) is 78.9 Å². The van der Waals surface area contributed by atoms with Gasteiger partial charge in [-0.25, -0.2) is 0 Å². The van der Waals surface area contributed by atoms with Crippen molar-refractivity contribution in [3.63, 3.8) is 0 Å². The van der Waals surface area contributed by atoms with Crippen LogP contribution in [0.2, 0.25) is 0 Å². The Kier molecular flexibility index (Phi) is 19.9. The van der Waals surface area contributed by atoms with Crippen molar-refractivity contribution >= 4 is 48.5 Å². The number of aromatic hydroxyl groups is 2. The van der Waals surface area contributed by atoms with Crippen molar-refractivity contribution < 1.29 is 48.3 Å². The first-order chi connectivity index (χ1) is 40.7. The number of rotatable bonds is 0. The number of phenols is 2. The maximum Gasteiger partial charge on any atom is 0.255 e. The van der Waals surface area contributed by atoms with Crippen LogP contribution in [0.15, 0.2) is 68.5 Å². The highest BCUT2D eigenvalue weighted by Gasteiger charge is 2.33. The molecule has 0 spiro atoms. The third kappa shape index (κ3) is 15.3. The summed E-state index contributed by atoms with van der Waals surface area (Å²) in [5.41, 5.74) is 6.38.